The number of nitrogens with zero attached hydrogens (tertiary/aromatic N) is 4. The predicted molar refractivity (Wildman–Crippen MR) is 134 cm³/mol. The highest BCUT2D eigenvalue weighted by Gasteiger charge is 2.25. The molecule has 0 spiro atoms. The van der Waals surface area contributed by atoms with Crippen molar-refractivity contribution in [2.75, 3.05) is 20.7 Å². The van der Waals surface area contributed by atoms with Gasteiger partial charge in [0.2, 0.25) is 5.76 Å². The summed E-state index contributed by atoms with van der Waals surface area (Å²) in [6, 6.07) is 18.1. The van der Waals surface area contributed by atoms with Crippen molar-refractivity contribution in [3.8, 4) is 0 Å². The van der Waals surface area contributed by atoms with Gasteiger partial charge in [0.05, 0.1) is 19.2 Å². The minimum Gasteiger partial charge on any atom is -0.460 e. The zero-order chi connectivity index (χ0) is 24.1. The number of carbonyl (C=O) groups excluding carboxylic acids is 1. The molecular weight excluding hydrogens is 448 g/mol. The highest BCUT2D eigenvalue weighted by molar-refractivity contribution is 7.98. The van der Waals surface area contributed by atoms with Crippen LogP contribution in [0.15, 0.2) is 64.2 Å². The maximum absolute atomic E-state index is 12.6. The van der Waals surface area contributed by atoms with Gasteiger partial charge >= 0.3 is 5.97 Å². The zero-order valence-corrected chi connectivity index (χ0v) is 20.8. The lowest BCUT2D eigenvalue weighted by Gasteiger charge is -2.23. The first kappa shape index (κ1) is 24.0. The molecule has 7 nitrogen and oxygen atoms in total. The Bertz CT molecular complexity index is 1250. The Hall–Kier alpha value is -3.10. The second-order valence-electron chi connectivity index (χ2n) is 8.22. The van der Waals surface area contributed by atoms with E-state index in [9.17, 15) is 4.79 Å². The van der Waals surface area contributed by atoms with E-state index in [1.807, 2.05) is 42.5 Å². The number of ether oxygens (including phenoxy) is 1. The van der Waals surface area contributed by atoms with E-state index in [1.165, 1.54) is 5.56 Å². The topological polar surface area (TPSA) is 73.4 Å². The van der Waals surface area contributed by atoms with Crippen molar-refractivity contribution in [3.63, 3.8) is 0 Å². The summed E-state index contributed by atoms with van der Waals surface area (Å²) >= 11 is 1.55. The van der Waals surface area contributed by atoms with E-state index >= 15 is 0 Å². The number of fused-ring (bicyclic) bond motifs is 1. The predicted octanol–water partition coefficient (Wildman–Crippen LogP) is 5.55. The largest absolute Gasteiger partial charge is 0.460 e. The molecule has 0 saturated carbocycles. The summed E-state index contributed by atoms with van der Waals surface area (Å²) in [6.45, 7) is 4.91. The molecule has 8 heteroatoms. The maximum Gasteiger partial charge on any atom is 0.374 e. The normalized spacial score (nSPS) is 12.4. The lowest BCUT2D eigenvalue weighted by atomic mass is 10.1. The van der Waals surface area contributed by atoms with Gasteiger partial charge in [-0.05, 0) is 39.1 Å². The summed E-state index contributed by atoms with van der Waals surface area (Å²) in [5.74, 6) is 1.25. The van der Waals surface area contributed by atoms with E-state index in [1.54, 1.807) is 18.7 Å². The molecule has 0 amide bonds. The molecule has 0 radical (unpaired) electrons. The van der Waals surface area contributed by atoms with Crippen LogP contribution in [0.4, 0.5) is 0 Å². The average Bonchev–Trinajstić information content (AvgIpc) is 3.40. The first-order valence-corrected chi connectivity index (χ1v) is 12.5. The molecule has 0 fully saturated rings. The van der Waals surface area contributed by atoms with Gasteiger partial charge in [0, 0.05) is 16.7 Å². The molecule has 0 bridgehead atoms. The fraction of sp³-hybridized carbons (Fsp3) is 0.346. The molecule has 4 rings (SSSR count). The van der Waals surface area contributed by atoms with Crippen molar-refractivity contribution in [3.05, 3.63) is 77.3 Å². The van der Waals surface area contributed by atoms with E-state index in [4.69, 9.17) is 9.15 Å². The molecule has 1 atom stereocenters. The van der Waals surface area contributed by atoms with E-state index in [0.29, 0.717) is 24.5 Å². The van der Waals surface area contributed by atoms with Crippen LogP contribution in [-0.4, -0.2) is 46.3 Å². The summed E-state index contributed by atoms with van der Waals surface area (Å²) < 4.78 is 13.3. The summed E-state index contributed by atoms with van der Waals surface area (Å²) in [4.78, 5) is 14.8. The summed E-state index contributed by atoms with van der Waals surface area (Å²) in [6.07, 6.45) is 0.921. The Morgan fingerprint density at radius 3 is 2.53 bits per heavy atom. The van der Waals surface area contributed by atoms with Crippen LogP contribution in [0.5, 0.6) is 0 Å². The number of benzene rings is 2. The Labute approximate surface area is 204 Å². The Morgan fingerprint density at radius 1 is 1.09 bits per heavy atom. The van der Waals surface area contributed by atoms with Gasteiger partial charge < -0.3 is 13.7 Å². The molecule has 0 unspecified atom stereocenters. The van der Waals surface area contributed by atoms with Gasteiger partial charge in [-0.25, -0.2) is 4.79 Å². The number of esters is 1. The van der Waals surface area contributed by atoms with E-state index in [2.05, 4.69) is 52.8 Å². The van der Waals surface area contributed by atoms with E-state index in [-0.39, 0.29) is 11.8 Å². The van der Waals surface area contributed by atoms with Crippen LogP contribution in [0.25, 0.3) is 11.0 Å². The van der Waals surface area contributed by atoms with Crippen LogP contribution in [0.2, 0.25) is 0 Å². The monoisotopic (exact) mass is 478 g/mol. The Kier molecular flexibility index (Phi) is 7.70. The molecule has 34 heavy (non-hydrogen) atoms. The van der Waals surface area contributed by atoms with Crippen molar-refractivity contribution in [2.45, 2.75) is 43.8 Å². The van der Waals surface area contributed by atoms with Crippen molar-refractivity contribution in [2.24, 2.45) is 0 Å². The fourth-order valence-electron chi connectivity index (χ4n) is 4.09. The second-order valence-corrected chi connectivity index (χ2v) is 9.16. The van der Waals surface area contributed by atoms with Crippen LogP contribution in [0.3, 0.4) is 0 Å². The van der Waals surface area contributed by atoms with Crippen LogP contribution in [0, 0.1) is 0 Å². The molecule has 178 valence electrons. The molecular formula is C26H30N4O3S. The van der Waals surface area contributed by atoms with Crippen LogP contribution in [-0.2, 0) is 17.0 Å². The van der Waals surface area contributed by atoms with Crippen LogP contribution in [0.1, 0.15) is 53.8 Å². The van der Waals surface area contributed by atoms with Crippen molar-refractivity contribution >= 4 is 28.7 Å². The van der Waals surface area contributed by atoms with E-state index < -0.39 is 5.97 Å². The highest BCUT2D eigenvalue weighted by atomic mass is 32.2. The third kappa shape index (κ3) is 5.03. The number of hydrogen-bond donors (Lipinski definition) is 0. The Morgan fingerprint density at radius 2 is 1.82 bits per heavy atom. The molecule has 2 aromatic heterocycles. The minimum absolute atomic E-state index is 0.149. The quantitative estimate of drug-likeness (QED) is 0.218. The number of hydrogen-bond acceptors (Lipinski definition) is 7. The third-order valence-corrected chi connectivity index (χ3v) is 6.74. The summed E-state index contributed by atoms with van der Waals surface area (Å²) in [5, 5.41) is 10.9. The number of aromatic nitrogens is 3. The van der Waals surface area contributed by atoms with Crippen molar-refractivity contribution in [1.29, 1.82) is 0 Å². The van der Waals surface area contributed by atoms with Gasteiger partial charge in [-0.1, -0.05) is 67.2 Å². The second kappa shape index (κ2) is 10.9. The summed E-state index contributed by atoms with van der Waals surface area (Å²) in [5.41, 5.74) is 2.67. The Balaban J connectivity index is 1.70. The lowest BCUT2D eigenvalue weighted by Crippen LogP contribution is -2.23. The number of para-hydroxylation sites is 1. The smallest absolute Gasteiger partial charge is 0.374 e. The molecule has 0 aliphatic heterocycles. The number of carbonyl (C=O) groups is 1. The zero-order valence-electron chi connectivity index (χ0n) is 20.0. The molecule has 0 saturated heterocycles. The van der Waals surface area contributed by atoms with Gasteiger partial charge in [-0.2, -0.15) is 0 Å². The average molecular weight is 479 g/mol. The van der Waals surface area contributed by atoms with E-state index in [0.717, 1.165) is 28.4 Å². The fourth-order valence-corrected chi connectivity index (χ4v) is 5.06. The van der Waals surface area contributed by atoms with Gasteiger partial charge in [0.1, 0.15) is 5.58 Å². The minimum atomic E-state index is -0.445. The van der Waals surface area contributed by atoms with Crippen LogP contribution < -0.4 is 0 Å². The molecule has 4 aromatic rings. The maximum atomic E-state index is 12.6. The number of furan rings is 1. The summed E-state index contributed by atoms with van der Waals surface area (Å²) in [7, 11) is 4.12. The number of rotatable bonds is 10. The van der Waals surface area contributed by atoms with Gasteiger partial charge in [-0.15, -0.1) is 10.2 Å². The van der Waals surface area contributed by atoms with Crippen molar-refractivity contribution in [1.82, 2.24) is 19.7 Å². The molecule has 0 aliphatic carbocycles. The SMILES string of the molecule is CCOC(=O)c1oc2ccccc2c1CSc1nnc([C@H](CC)N(C)C)n1Cc1ccccc1. The van der Waals surface area contributed by atoms with Gasteiger partial charge in [-0.3, -0.25) is 4.90 Å². The molecule has 2 heterocycles. The molecule has 0 aliphatic rings. The highest BCUT2D eigenvalue weighted by Crippen LogP contribution is 2.33. The third-order valence-electron chi connectivity index (χ3n) is 5.74. The molecule has 0 N–H and O–H groups in total. The van der Waals surface area contributed by atoms with Gasteiger partial charge in [0.25, 0.3) is 0 Å². The first-order valence-electron chi connectivity index (χ1n) is 11.5. The standard InChI is InChI=1S/C26H30N4O3S/c1-5-21(29(3)4)24-27-28-26(30(24)16-18-12-8-7-9-13-18)34-17-20-19-14-10-11-15-22(19)33-23(20)25(31)32-6-2/h7-15,21H,5-6,16-17H2,1-4H3/t21-/m0/s1. The van der Waals surface area contributed by atoms with Gasteiger partial charge in [0.15, 0.2) is 11.0 Å². The lowest BCUT2D eigenvalue weighted by molar-refractivity contribution is 0.0491. The van der Waals surface area contributed by atoms with Crippen LogP contribution >= 0.6 is 11.8 Å². The number of thioether (sulfide) groups is 1. The first-order chi connectivity index (χ1) is 16.5. The van der Waals surface area contributed by atoms with Crippen molar-refractivity contribution < 1.29 is 13.9 Å². The molecule has 2 aromatic carbocycles.